The van der Waals surface area contributed by atoms with Crippen molar-refractivity contribution in [2.75, 3.05) is 24.6 Å². The third-order valence-electron chi connectivity index (χ3n) is 1.90. The maximum absolute atomic E-state index is 2.70. The van der Waals surface area contributed by atoms with Crippen LogP contribution in [0.5, 0.6) is 0 Å². The zero-order chi connectivity index (χ0) is 9.82. The lowest BCUT2D eigenvalue weighted by molar-refractivity contribution is 0.897. The summed E-state index contributed by atoms with van der Waals surface area (Å²) < 4.78 is 0. The van der Waals surface area contributed by atoms with Gasteiger partial charge in [0.15, 0.2) is 0 Å². The topological polar surface area (TPSA) is 0 Å². The van der Waals surface area contributed by atoms with Gasteiger partial charge in [-0.1, -0.05) is 40.5 Å². The molecule has 0 saturated heterocycles. The van der Waals surface area contributed by atoms with Crippen molar-refractivity contribution in [3.8, 4) is 0 Å². The van der Waals surface area contributed by atoms with Crippen LogP contribution in [-0.4, -0.2) is 24.6 Å². The first-order chi connectivity index (χ1) is 5.76. The largest absolute Gasteiger partial charge is 0.138 e. The second kappa shape index (κ2) is 14.4. The Morgan fingerprint density at radius 1 is 0.917 bits per heavy atom. The van der Waals surface area contributed by atoms with Gasteiger partial charge in [-0.2, -0.15) is 0 Å². The highest BCUT2D eigenvalue weighted by atomic mass is 31.1. The van der Waals surface area contributed by atoms with Gasteiger partial charge in [0.1, 0.15) is 0 Å². The Morgan fingerprint density at radius 3 is 1.33 bits per heavy atom. The summed E-state index contributed by atoms with van der Waals surface area (Å²) >= 11 is 0. The summed E-state index contributed by atoms with van der Waals surface area (Å²) in [7, 11) is 3.15. The molecule has 2 heteroatoms. The van der Waals surface area contributed by atoms with Gasteiger partial charge < -0.3 is 0 Å². The van der Waals surface area contributed by atoms with Gasteiger partial charge >= 0.3 is 0 Å². The summed E-state index contributed by atoms with van der Waals surface area (Å²) in [6.45, 7) is 9.07. The summed E-state index contributed by atoms with van der Waals surface area (Å²) in [5.41, 5.74) is 0. The zero-order valence-corrected chi connectivity index (χ0v) is 11.3. The number of unbranched alkanes of at least 4 members (excludes halogenated alkanes) is 1. The lowest BCUT2D eigenvalue weighted by Crippen LogP contribution is -1.83. The van der Waals surface area contributed by atoms with Crippen molar-refractivity contribution < 1.29 is 0 Å². The molecule has 0 N–H and O–H groups in total. The molecule has 0 aliphatic carbocycles. The molecule has 0 heterocycles. The molecule has 12 heavy (non-hydrogen) atoms. The van der Waals surface area contributed by atoms with E-state index in [1.807, 2.05) is 0 Å². The minimum atomic E-state index is 0.446. The standard InChI is InChI=1S/C6H15P.C4H11P/c1-4-7(5-2)6-3;1-2-3-4-5/h4-6H2,1-3H3;2-5H2,1H3. The molecule has 0 radical (unpaired) electrons. The quantitative estimate of drug-likeness (QED) is 0.594. The molecule has 0 rings (SSSR count). The average Bonchev–Trinajstić information content (AvgIpc) is 2.10. The Bertz CT molecular complexity index is 53.3. The van der Waals surface area contributed by atoms with Crippen molar-refractivity contribution >= 4 is 17.2 Å². The molecule has 0 saturated carbocycles. The number of hydrogen-bond acceptors (Lipinski definition) is 0. The van der Waals surface area contributed by atoms with E-state index < -0.39 is 0 Å². The molecule has 0 aromatic rings. The van der Waals surface area contributed by atoms with Crippen molar-refractivity contribution in [2.45, 2.75) is 40.5 Å². The third kappa shape index (κ3) is 13.4. The van der Waals surface area contributed by atoms with E-state index in [2.05, 4.69) is 36.9 Å². The fourth-order valence-corrected chi connectivity index (χ4v) is 2.62. The average molecular weight is 208 g/mol. The minimum Gasteiger partial charge on any atom is -0.138 e. The van der Waals surface area contributed by atoms with E-state index in [1.54, 1.807) is 0 Å². The van der Waals surface area contributed by atoms with Gasteiger partial charge in [0.2, 0.25) is 0 Å². The first-order valence-corrected chi connectivity index (χ1v) is 7.90. The first kappa shape index (κ1) is 15.3. The van der Waals surface area contributed by atoms with Crippen LogP contribution in [0.4, 0.5) is 0 Å². The van der Waals surface area contributed by atoms with Crippen LogP contribution in [0, 0.1) is 0 Å². The molecule has 0 spiro atoms. The van der Waals surface area contributed by atoms with Crippen molar-refractivity contribution in [1.29, 1.82) is 0 Å². The van der Waals surface area contributed by atoms with Crippen LogP contribution in [0.3, 0.4) is 0 Å². The summed E-state index contributed by atoms with van der Waals surface area (Å²) in [5, 5.41) is 0. The van der Waals surface area contributed by atoms with Crippen LogP contribution in [0.25, 0.3) is 0 Å². The van der Waals surface area contributed by atoms with Crippen LogP contribution >= 0.6 is 17.2 Å². The Kier molecular flexibility index (Phi) is 18.4. The molecule has 1 unspecified atom stereocenters. The van der Waals surface area contributed by atoms with E-state index in [-0.39, 0.29) is 0 Å². The third-order valence-corrected chi connectivity index (χ3v) is 4.99. The fourth-order valence-electron chi connectivity index (χ4n) is 0.875. The van der Waals surface area contributed by atoms with E-state index in [9.17, 15) is 0 Å². The number of rotatable bonds is 5. The van der Waals surface area contributed by atoms with Crippen LogP contribution in [0.1, 0.15) is 40.5 Å². The van der Waals surface area contributed by atoms with Crippen LogP contribution in [-0.2, 0) is 0 Å². The van der Waals surface area contributed by atoms with Gasteiger partial charge in [-0.15, -0.1) is 17.2 Å². The van der Waals surface area contributed by atoms with E-state index in [1.165, 1.54) is 37.5 Å². The van der Waals surface area contributed by atoms with Crippen molar-refractivity contribution in [3.63, 3.8) is 0 Å². The lowest BCUT2D eigenvalue weighted by Gasteiger charge is -2.07. The molecular weight excluding hydrogens is 182 g/mol. The van der Waals surface area contributed by atoms with E-state index in [0.717, 1.165) is 0 Å². The maximum Gasteiger partial charge on any atom is -0.0355 e. The highest BCUT2D eigenvalue weighted by molar-refractivity contribution is 7.57. The Morgan fingerprint density at radius 2 is 1.33 bits per heavy atom. The Labute approximate surface area is 82.9 Å². The monoisotopic (exact) mass is 208 g/mol. The highest BCUT2D eigenvalue weighted by Gasteiger charge is 1.94. The first-order valence-electron chi connectivity index (χ1n) is 5.19. The predicted octanol–water partition coefficient (Wildman–Crippen LogP) is 4.19. The van der Waals surface area contributed by atoms with Gasteiger partial charge in [-0.3, -0.25) is 0 Å². The smallest absolute Gasteiger partial charge is 0.0355 e. The lowest BCUT2D eigenvalue weighted by atomic mass is 10.4. The summed E-state index contributed by atoms with van der Waals surface area (Å²) in [4.78, 5) is 0. The summed E-state index contributed by atoms with van der Waals surface area (Å²) in [6.07, 6.45) is 8.19. The molecule has 0 aromatic carbocycles. The van der Waals surface area contributed by atoms with Crippen LogP contribution in [0.2, 0.25) is 0 Å². The molecule has 0 aromatic heterocycles. The summed E-state index contributed by atoms with van der Waals surface area (Å²) in [5.74, 6) is 0. The SMILES string of the molecule is CCCCP.CCP(CC)CC. The second-order valence-electron chi connectivity index (χ2n) is 2.76. The Hall–Kier alpha value is 0.860. The maximum atomic E-state index is 2.70. The number of hydrogen-bond donors (Lipinski definition) is 0. The van der Waals surface area contributed by atoms with E-state index in [4.69, 9.17) is 0 Å². The second-order valence-corrected chi connectivity index (χ2v) is 6.58. The van der Waals surface area contributed by atoms with Crippen molar-refractivity contribution in [2.24, 2.45) is 0 Å². The molecule has 0 fully saturated rings. The predicted molar refractivity (Wildman–Crippen MR) is 68.0 cm³/mol. The molecule has 1 atom stereocenters. The van der Waals surface area contributed by atoms with Gasteiger partial charge in [-0.25, -0.2) is 0 Å². The molecule has 0 bridgehead atoms. The van der Waals surface area contributed by atoms with Gasteiger partial charge in [0, 0.05) is 0 Å². The molecule has 0 aliphatic rings. The van der Waals surface area contributed by atoms with E-state index in [0.29, 0.717) is 7.92 Å². The van der Waals surface area contributed by atoms with Crippen molar-refractivity contribution in [1.82, 2.24) is 0 Å². The van der Waals surface area contributed by atoms with E-state index >= 15 is 0 Å². The molecule has 0 amide bonds. The highest BCUT2D eigenvalue weighted by Crippen LogP contribution is 2.32. The van der Waals surface area contributed by atoms with Gasteiger partial charge in [0.25, 0.3) is 0 Å². The summed E-state index contributed by atoms with van der Waals surface area (Å²) in [6, 6.07) is 0. The zero-order valence-electron chi connectivity index (χ0n) is 9.27. The van der Waals surface area contributed by atoms with Gasteiger partial charge in [-0.05, 0) is 24.6 Å². The minimum absolute atomic E-state index is 0.446. The van der Waals surface area contributed by atoms with Gasteiger partial charge in [0.05, 0.1) is 0 Å². The van der Waals surface area contributed by atoms with Crippen LogP contribution < -0.4 is 0 Å². The van der Waals surface area contributed by atoms with Crippen molar-refractivity contribution in [3.05, 3.63) is 0 Å². The van der Waals surface area contributed by atoms with Crippen LogP contribution in [0.15, 0.2) is 0 Å². The molecule has 0 aliphatic heterocycles. The molecule has 76 valence electrons. The molecular formula is C10H26P2. The normalized spacial score (nSPS) is 9.50. The Balaban J connectivity index is 0. The fraction of sp³-hybridized carbons (Fsp3) is 1.00. The molecule has 0 nitrogen and oxygen atoms in total.